The highest BCUT2D eigenvalue weighted by Gasteiger charge is 2.61. The number of hydrogen-bond donors (Lipinski definition) is 1. The number of carboxylic acid groups (broad SMARTS) is 1. The Balaban J connectivity index is 1.41. The lowest BCUT2D eigenvalue weighted by Crippen LogP contribution is -2.59. The van der Waals surface area contributed by atoms with Crippen LogP contribution in [0.15, 0.2) is 11.3 Å². The standard InChI is InChI=1S/C24H36O6/c1-16(20(25)26)19(29-14-21(2)10-27-11-21)23-5-17-4-18(6-23)8-24(7-17,9-23)30-15-22(3)12-28-13-22/h17-18H,4-15H2,1-3H3,(H,25,26). The smallest absolute Gasteiger partial charge is 0.334 e. The molecule has 4 aliphatic carbocycles. The van der Waals surface area contributed by atoms with Crippen LogP contribution in [0.5, 0.6) is 0 Å². The van der Waals surface area contributed by atoms with Crippen LogP contribution in [0, 0.1) is 28.1 Å². The highest BCUT2D eigenvalue weighted by Crippen LogP contribution is 2.66. The van der Waals surface area contributed by atoms with E-state index in [4.69, 9.17) is 18.9 Å². The van der Waals surface area contributed by atoms with Crippen molar-refractivity contribution in [2.24, 2.45) is 28.1 Å². The summed E-state index contributed by atoms with van der Waals surface area (Å²) >= 11 is 0. The van der Waals surface area contributed by atoms with Gasteiger partial charge in [0.25, 0.3) is 0 Å². The third kappa shape index (κ3) is 3.49. The second-order valence-electron chi connectivity index (χ2n) is 11.9. The maximum Gasteiger partial charge on any atom is 0.334 e. The first kappa shape index (κ1) is 20.8. The maximum absolute atomic E-state index is 12.0. The molecule has 30 heavy (non-hydrogen) atoms. The van der Waals surface area contributed by atoms with Gasteiger partial charge in [-0.25, -0.2) is 4.79 Å². The molecule has 2 atom stereocenters. The van der Waals surface area contributed by atoms with Crippen molar-refractivity contribution < 1.29 is 28.8 Å². The van der Waals surface area contributed by atoms with E-state index in [1.54, 1.807) is 6.92 Å². The topological polar surface area (TPSA) is 74.2 Å². The normalized spacial score (nSPS) is 40.9. The van der Waals surface area contributed by atoms with Gasteiger partial charge in [0.15, 0.2) is 0 Å². The van der Waals surface area contributed by atoms with Gasteiger partial charge in [0.05, 0.1) is 50.8 Å². The van der Waals surface area contributed by atoms with E-state index >= 15 is 0 Å². The molecule has 0 aromatic rings. The summed E-state index contributed by atoms with van der Waals surface area (Å²) in [5.74, 6) is 1.05. The summed E-state index contributed by atoms with van der Waals surface area (Å²) in [7, 11) is 0. The third-order valence-electron chi connectivity index (χ3n) is 8.24. The summed E-state index contributed by atoms with van der Waals surface area (Å²) in [6.07, 6.45) is 6.40. The summed E-state index contributed by atoms with van der Waals surface area (Å²) in [5.41, 5.74) is 0.139. The van der Waals surface area contributed by atoms with Crippen molar-refractivity contribution >= 4 is 5.97 Å². The Morgan fingerprint density at radius 2 is 1.53 bits per heavy atom. The van der Waals surface area contributed by atoms with Crippen LogP contribution in [-0.2, 0) is 23.7 Å². The van der Waals surface area contributed by atoms with Gasteiger partial charge in [0.2, 0.25) is 0 Å². The van der Waals surface area contributed by atoms with Gasteiger partial charge in [0, 0.05) is 16.2 Å². The predicted molar refractivity (Wildman–Crippen MR) is 110 cm³/mol. The summed E-state index contributed by atoms with van der Waals surface area (Å²) in [6, 6.07) is 0. The number of rotatable bonds is 8. The Morgan fingerprint density at radius 3 is 2.03 bits per heavy atom. The predicted octanol–water partition coefficient (Wildman–Crippen LogP) is 3.79. The van der Waals surface area contributed by atoms with Crippen LogP contribution in [0.3, 0.4) is 0 Å². The molecule has 168 valence electrons. The fraction of sp³-hybridized carbons (Fsp3) is 0.875. The molecule has 2 heterocycles. The molecule has 1 N–H and O–H groups in total. The molecule has 4 bridgehead atoms. The van der Waals surface area contributed by atoms with E-state index in [9.17, 15) is 9.90 Å². The van der Waals surface area contributed by atoms with Crippen molar-refractivity contribution in [3.8, 4) is 0 Å². The number of ether oxygens (including phenoxy) is 4. The minimum Gasteiger partial charge on any atom is -0.496 e. The molecule has 0 aromatic carbocycles. The van der Waals surface area contributed by atoms with Crippen molar-refractivity contribution in [2.75, 3.05) is 39.6 Å². The maximum atomic E-state index is 12.0. The fourth-order valence-corrected chi connectivity index (χ4v) is 7.01. The van der Waals surface area contributed by atoms with E-state index in [0.29, 0.717) is 37.2 Å². The van der Waals surface area contributed by atoms with Crippen molar-refractivity contribution in [3.05, 3.63) is 11.3 Å². The Morgan fingerprint density at radius 1 is 0.967 bits per heavy atom. The van der Waals surface area contributed by atoms with Crippen molar-refractivity contribution in [3.63, 3.8) is 0 Å². The van der Waals surface area contributed by atoms with Crippen molar-refractivity contribution in [2.45, 2.75) is 64.9 Å². The average molecular weight is 421 g/mol. The lowest BCUT2D eigenvalue weighted by molar-refractivity contribution is -0.229. The van der Waals surface area contributed by atoms with Gasteiger partial charge in [-0.3, -0.25) is 0 Å². The molecular weight excluding hydrogens is 384 g/mol. The van der Waals surface area contributed by atoms with Crippen molar-refractivity contribution in [1.29, 1.82) is 0 Å². The van der Waals surface area contributed by atoms with Crippen LogP contribution >= 0.6 is 0 Å². The highest BCUT2D eigenvalue weighted by atomic mass is 16.5. The lowest BCUT2D eigenvalue weighted by atomic mass is 9.47. The van der Waals surface area contributed by atoms with Gasteiger partial charge in [0.1, 0.15) is 5.76 Å². The molecule has 6 rings (SSSR count). The third-order valence-corrected chi connectivity index (χ3v) is 8.24. The summed E-state index contributed by atoms with van der Waals surface area (Å²) in [5, 5.41) is 9.86. The van der Waals surface area contributed by atoms with Gasteiger partial charge in [-0.1, -0.05) is 13.8 Å². The van der Waals surface area contributed by atoms with E-state index < -0.39 is 5.97 Å². The second kappa shape index (κ2) is 6.94. The zero-order valence-corrected chi connectivity index (χ0v) is 18.6. The van der Waals surface area contributed by atoms with E-state index in [1.807, 2.05) is 0 Å². The summed E-state index contributed by atoms with van der Waals surface area (Å²) in [4.78, 5) is 12.0. The molecule has 6 heteroatoms. The van der Waals surface area contributed by atoms with E-state index in [0.717, 1.165) is 57.7 Å². The Hall–Kier alpha value is -1.11. The van der Waals surface area contributed by atoms with Crippen LogP contribution in [0.1, 0.15) is 59.3 Å². The summed E-state index contributed by atoms with van der Waals surface area (Å²) < 4.78 is 23.9. The minimum absolute atomic E-state index is 0.0146. The number of hydrogen-bond acceptors (Lipinski definition) is 5. The number of aliphatic carboxylic acids is 1. The van der Waals surface area contributed by atoms with E-state index in [1.165, 1.54) is 6.42 Å². The van der Waals surface area contributed by atoms with Gasteiger partial charge in [-0.05, 0) is 57.3 Å². The molecular formula is C24H36O6. The number of carbonyl (C=O) groups is 1. The zero-order chi connectivity index (χ0) is 21.2. The molecule has 0 amide bonds. The van der Waals surface area contributed by atoms with Gasteiger partial charge < -0.3 is 24.1 Å². The minimum atomic E-state index is -0.871. The molecule has 4 saturated carbocycles. The molecule has 6 nitrogen and oxygen atoms in total. The molecule has 2 saturated heterocycles. The van der Waals surface area contributed by atoms with E-state index in [2.05, 4.69) is 13.8 Å². The molecule has 6 aliphatic rings. The first-order valence-corrected chi connectivity index (χ1v) is 11.5. The second-order valence-corrected chi connectivity index (χ2v) is 11.9. The van der Waals surface area contributed by atoms with Crippen LogP contribution in [0.2, 0.25) is 0 Å². The molecule has 0 spiro atoms. The molecule has 2 aliphatic heterocycles. The lowest BCUT2D eigenvalue weighted by Gasteiger charge is -2.62. The Labute approximate surface area is 179 Å². The first-order valence-electron chi connectivity index (χ1n) is 11.5. The van der Waals surface area contributed by atoms with Crippen LogP contribution in [-0.4, -0.2) is 56.3 Å². The fourth-order valence-electron chi connectivity index (χ4n) is 7.01. The largest absolute Gasteiger partial charge is 0.496 e. The van der Waals surface area contributed by atoms with Crippen LogP contribution < -0.4 is 0 Å². The number of carboxylic acids is 1. The monoisotopic (exact) mass is 420 g/mol. The molecule has 2 unspecified atom stereocenters. The van der Waals surface area contributed by atoms with Crippen molar-refractivity contribution in [1.82, 2.24) is 0 Å². The zero-order valence-electron chi connectivity index (χ0n) is 18.6. The molecule has 0 radical (unpaired) electrons. The molecule has 0 aromatic heterocycles. The van der Waals surface area contributed by atoms with Gasteiger partial charge in [-0.2, -0.15) is 0 Å². The number of allylic oxidation sites excluding steroid dienone is 1. The van der Waals surface area contributed by atoms with Crippen LogP contribution in [0.25, 0.3) is 0 Å². The van der Waals surface area contributed by atoms with Gasteiger partial charge >= 0.3 is 5.97 Å². The van der Waals surface area contributed by atoms with Gasteiger partial charge in [-0.15, -0.1) is 0 Å². The summed E-state index contributed by atoms with van der Waals surface area (Å²) in [6.45, 7) is 10.3. The Bertz CT molecular complexity index is 733. The Kier molecular flexibility index (Phi) is 4.81. The average Bonchev–Trinajstić information content (AvgIpc) is 2.62. The highest BCUT2D eigenvalue weighted by molar-refractivity contribution is 5.86. The van der Waals surface area contributed by atoms with E-state index in [-0.39, 0.29) is 21.8 Å². The quantitative estimate of drug-likeness (QED) is 0.476. The van der Waals surface area contributed by atoms with Crippen LogP contribution in [0.4, 0.5) is 0 Å². The molecule has 6 fully saturated rings. The SMILES string of the molecule is CC(C(=O)O)=C(OCC1(C)COC1)C12CC3CC(CC(OCC4(C)COC4)(C3)C1)C2. The first-order chi connectivity index (χ1) is 14.1.